The smallest absolute Gasteiger partial charge is 0.219 e. The Labute approximate surface area is 170 Å². The average molecular weight is 382 g/mol. The third-order valence-electron chi connectivity index (χ3n) is 5.44. The Morgan fingerprint density at radius 2 is 1.57 bits per heavy atom. The van der Waals surface area contributed by atoms with Crippen molar-refractivity contribution in [3.05, 3.63) is 60.2 Å². The van der Waals surface area contributed by atoms with Gasteiger partial charge in [-0.3, -0.25) is 14.8 Å². The van der Waals surface area contributed by atoms with E-state index in [0.717, 1.165) is 43.7 Å². The molecular formula is C24H35N3O. The van der Waals surface area contributed by atoms with Crippen LogP contribution in [-0.2, 0) is 4.79 Å². The summed E-state index contributed by atoms with van der Waals surface area (Å²) in [6.07, 6.45) is 10.4. The Morgan fingerprint density at radius 1 is 0.929 bits per heavy atom. The van der Waals surface area contributed by atoms with Crippen molar-refractivity contribution < 1.29 is 4.79 Å². The molecule has 2 atom stereocenters. The summed E-state index contributed by atoms with van der Waals surface area (Å²) >= 11 is 0. The van der Waals surface area contributed by atoms with Gasteiger partial charge < -0.3 is 4.90 Å². The van der Waals surface area contributed by atoms with Crippen LogP contribution >= 0.6 is 0 Å². The molecule has 2 aromatic heterocycles. The summed E-state index contributed by atoms with van der Waals surface area (Å²) in [5, 5.41) is 0. The van der Waals surface area contributed by atoms with Gasteiger partial charge in [0.25, 0.3) is 0 Å². The van der Waals surface area contributed by atoms with Gasteiger partial charge in [-0.15, -0.1) is 0 Å². The molecule has 0 saturated heterocycles. The molecule has 1 amide bonds. The van der Waals surface area contributed by atoms with E-state index in [1.165, 1.54) is 19.3 Å². The lowest BCUT2D eigenvalue weighted by atomic mass is 9.87. The van der Waals surface area contributed by atoms with Crippen molar-refractivity contribution in [3.63, 3.8) is 0 Å². The van der Waals surface area contributed by atoms with Crippen LogP contribution in [0.15, 0.2) is 48.8 Å². The van der Waals surface area contributed by atoms with Crippen molar-refractivity contribution in [2.45, 2.75) is 71.1 Å². The molecule has 0 N–H and O–H groups in total. The molecule has 0 saturated carbocycles. The van der Waals surface area contributed by atoms with Crippen molar-refractivity contribution in [2.75, 3.05) is 13.1 Å². The molecule has 2 heterocycles. The number of carbonyl (C=O) groups excluding carboxylic acids is 1. The maximum Gasteiger partial charge on any atom is 0.219 e. The third kappa shape index (κ3) is 7.06. The van der Waals surface area contributed by atoms with Crippen molar-refractivity contribution in [3.8, 4) is 0 Å². The van der Waals surface area contributed by atoms with Gasteiger partial charge in [0.1, 0.15) is 0 Å². The van der Waals surface area contributed by atoms with Crippen LogP contribution in [0, 0.1) is 0 Å². The van der Waals surface area contributed by atoms with Gasteiger partial charge >= 0.3 is 0 Å². The number of unbranched alkanes of at least 4 members (excludes halogenated alkanes) is 3. The molecule has 0 aliphatic carbocycles. The highest BCUT2D eigenvalue weighted by Gasteiger charge is 2.23. The minimum atomic E-state index is 0.156. The largest absolute Gasteiger partial charge is 0.342 e. The maximum absolute atomic E-state index is 12.3. The van der Waals surface area contributed by atoms with Gasteiger partial charge in [-0.05, 0) is 43.5 Å². The molecule has 0 bridgehead atoms. The second-order valence-corrected chi connectivity index (χ2v) is 7.57. The van der Waals surface area contributed by atoms with Crippen molar-refractivity contribution in [2.24, 2.45) is 0 Å². The first kappa shape index (κ1) is 22.1. The maximum atomic E-state index is 12.3. The highest BCUT2D eigenvalue weighted by atomic mass is 16.2. The van der Waals surface area contributed by atoms with E-state index in [1.54, 1.807) is 6.92 Å². The van der Waals surface area contributed by atoms with Gasteiger partial charge in [0.2, 0.25) is 5.91 Å². The SMILES string of the molecule is CCCCCCN(CC(CC(CC)c1ccccn1)c1ccccn1)C(C)=O. The standard InChI is InChI=1S/C24H35N3O/c1-4-6-7-12-17-27(20(3)28)19-22(24-14-9-11-16-26-24)18-21(5-2)23-13-8-10-15-25-23/h8-11,13-16,21-22H,4-7,12,17-19H2,1-3H3. The number of hydrogen-bond donors (Lipinski definition) is 0. The first-order valence-corrected chi connectivity index (χ1v) is 10.7. The van der Waals surface area contributed by atoms with E-state index in [4.69, 9.17) is 0 Å². The predicted molar refractivity (Wildman–Crippen MR) is 115 cm³/mol. The van der Waals surface area contributed by atoms with Crippen LogP contribution in [-0.4, -0.2) is 33.9 Å². The van der Waals surface area contributed by atoms with Crippen LogP contribution in [0.5, 0.6) is 0 Å². The van der Waals surface area contributed by atoms with Gasteiger partial charge in [-0.25, -0.2) is 0 Å². The van der Waals surface area contributed by atoms with E-state index in [9.17, 15) is 4.79 Å². The van der Waals surface area contributed by atoms with Crippen LogP contribution in [0.2, 0.25) is 0 Å². The van der Waals surface area contributed by atoms with E-state index in [-0.39, 0.29) is 11.8 Å². The van der Waals surface area contributed by atoms with Crippen molar-refractivity contribution >= 4 is 5.91 Å². The monoisotopic (exact) mass is 381 g/mol. The first-order chi connectivity index (χ1) is 13.7. The number of pyridine rings is 2. The van der Waals surface area contributed by atoms with Crippen molar-refractivity contribution in [1.29, 1.82) is 0 Å². The molecule has 0 aliphatic rings. The van der Waals surface area contributed by atoms with Crippen LogP contribution in [0.3, 0.4) is 0 Å². The third-order valence-corrected chi connectivity index (χ3v) is 5.44. The zero-order chi connectivity index (χ0) is 20.2. The van der Waals surface area contributed by atoms with Gasteiger partial charge in [-0.1, -0.05) is 45.2 Å². The zero-order valence-corrected chi connectivity index (χ0v) is 17.7. The molecule has 2 aromatic rings. The summed E-state index contributed by atoms with van der Waals surface area (Å²) in [7, 11) is 0. The summed E-state index contributed by atoms with van der Waals surface area (Å²) in [5.74, 6) is 0.730. The molecule has 4 nitrogen and oxygen atoms in total. The minimum absolute atomic E-state index is 0.156. The summed E-state index contributed by atoms with van der Waals surface area (Å²) in [4.78, 5) is 23.5. The molecule has 2 unspecified atom stereocenters. The Kier molecular flexibility index (Phi) is 9.67. The lowest BCUT2D eigenvalue weighted by Crippen LogP contribution is -2.34. The van der Waals surface area contributed by atoms with Crippen LogP contribution in [0.4, 0.5) is 0 Å². The summed E-state index contributed by atoms with van der Waals surface area (Å²) in [5.41, 5.74) is 2.19. The van der Waals surface area contributed by atoms with Crippen LogP contribution in [0.25, 0.3) is 0 Å². The van der Waals surface area contributed by atoms with Crippen LogP contribution in [0.1, 0.15) is 82.5 Å². The van der Waals surface area contributed by atoms with Gasteiger partial charge in [-0.2, -0.15) is 0 Å². The molecule has 4 heteroatoms. The molecule has 0 spiro atoms. The molecule has 0 aromatic carbocycles. The summed E-state index contributed by atoms with van der Waals surface area (Å²) in [6.45, 7) is 7.66. The lowest BCUT2D eigenvalue weighted by molar-refractivity contribution is -0.129. The second kappa shape index (κ2) is 12.3. The first-order valence-electron chi connectivity index (χ1n) is 10.7. The van der Waals surface area contributed by atoms with E-state index >= 15 is 0 Å². The second-order valence-electron chi connectivity index (χ2n) is 7.57. The fraction of sp³-hybridized carbons (Fsp3) is 0.542. The number of aromatic nitrogens is 2. The van der Waals surface area contributed by atoms with Gasteiger partial charge in [0.05, 0.1) is 0 Å². The van der Waals surface area contributed by atoms with E-state index < -0.39 is 0 Å². The minimum Gasteiger partial charge on any atom is -0.342 e. The zero-order valence-electron chi connectivity index (χ0n) is 17.7. The molecule has 2 rings (SSSR count). The molecule has 152 valence electrons. The fourth-order valence-electron chi connectivity index (χ4n) is 3.74. The highest BCUT2D eigenvalue weighted by Crippen LogP contribution is 2.31. The van der Waals surface area contributed by atoms with E-state index in [2.05, 4.69) is 42.0 Å². The summed E-state index contributed by atoms with van der Waals surface area (Å²) in [6, 6.07) is 12.2. The number of nitrogens with zero attached hydrogens (tertiary/aromatic N) is 3. The molecule has 0 aliphatic heterocycles. The topological polar surface area (TPSA) is 46.1 Å². The molecular weight excluding hydrogens is 346 g/mol. The average Bonchev–Trinajstić information content (AvgIpc) is 2.73. The molecule has 0 radical (unpaired) electrons. The van der Waals surface area contributed by atoms with E-state index in [0.29, 0.717) is 5.92 Å². The van der Waals surface area contributed by atoms with Gasteiger partial charge in [0.15, 0.2) is 0 Å². The van der Waals surface area contributed by atoms with E-state index in [1.807, 2.05) is 35.5 Å². The number of amides is 1. The summed E-state index contributed by atoms with van der Waals surface area (Å²) < 4.78 is 0. The predicted octanol–water partition coefficient (Wildman–Crippen LogP) is 5.57. The van der Waals surface area contributed by atoms with Gasteiger partial charge in [0, 0.05) is 55.6 Å². The Bertz CT molecular complexity index is 675. The lowest BCUT2D eigenvalue weighted by Gasteiger charge is -2.29. The molecule has 28 heavy (non-hydrogen) atoms. The Hall–Kier alpha value is -2.23. The molecule has 0 fully saturated rings. The highest BCUT2D eigenvalue weighted by molar-refractivity contribution is 5.73. The normalized spacial score (nSPS) is 13.1. The number of hydrogen-bond acceptors (Lipinski definition) is 3. The Morgan fingerprint density at radius 3 is 2.07 bits per heavy atom. The van der Waals surface area contributed by atoms with Crippen molar-refractivity contribution in [1.82, 2.24) is 14.9 Å². The number of rotatable bonds is 12. The number of carbonyl (C=O) groups is 1. The van der Waals surface area contributed by atoms with Crippen LogP contribution < -0.4 is 0 Å². The quantitative estimate of drug-likeness (QED) is 0.451. The fourth-order valence-corrected chi connectivity index (χ4v) is 3.74. The Balaban J connectivity index is 2.15.